The molecule has 0 radical (unpaired) electrons. The van der Waals surface area contributed by atoms with Crippen LogP contribution in [0.1, 0.15) is 30.0 Å². The number of carbonyl (C=O) groups excluding carboxylic acids is 1. The number of nitrogens with zero attached hydrogens (tertiary/aromatic N) is 2. The van der Waals surface area contributed by atoms with Crippen LogP contribution in [0.25, 0.3) is 17.4 Å². The molecule has 0 unspecified atom stereocenters. The summed E-state index contributed by atoms with van der Waals surface area (Å²) in [6.07, 6.45) is 1.66. The molecule has 0 bridgehead atoms. The largest absolute Gasteiger partial charge is 0.478 e. The highest BCUT2D eigenvalue weighted by Crippen LogP contribution is 2.35. The number of likely N-dealkylation sites (N-methyl/N-ethyl adjacent to an activating group) is 1. The monoisotopic (exact) mass is 404 g/mol. The fourth-order valence-corrected chi connectivity index (χ4v) is 3.89. The molecule has 1 amide bonds. The van der Waals surface area contributed by atoms with Gasteiger partial charge in [-0.15, -0.1) is 0 Å². The molecule has 0 spiro atoms. The molecule has 1 fully saturated rings. The number of carboxylic acid groups (broad SMARTS) is 1. The maximum Gasteiger partial charge on any atom is 0.335 e. The van der Waals surface area contributed by atoms with Crippen LogP contribution in [-0.4, -0.2) is 40.1 Å². The van der Waals surface area contributed by atoms with Gasteiger partial charge in [0.05, 0.1) is 15.5 Å². The van der Waals surface area contributed by atoms with Gasteiger partial charge in [-0.1, -0.05) is 11.6 Å². The second-order valence-electron chi connectivity index (χ2n) is 5.62. The van der Waals surface area contributed by atoms with Gasteiger partial charge in [-0.05, 0) is 55.9 Å². The summed E-state index contributed by atoms with van der Waals surface area (Å²) in [6, 6.07) is 7.82. The van der Waals surface area contributed by atoms with Crippen molar-refractivity contribution in [1.82, 2.24) is 4.90 Å². The van der Waals surface area contributed by atoms with Crippen molar-refractivity contribution >= 4 is 46.5 Å². The topological polar surface area (TPSA) is 83.1 Å². The standard InChI is InChI=1S/C19H17ClN2O4S/c1-3-21-19-22(4-2)17(23)16(27-19)10-12-6-8-15(26-12)13-9-11(18(24)25)5-7-14(13)20/h5-10H,3-4H2,1-2H3,(H,24,25)/b16-10+,21-19?. The summed E-state index contributed by atoms with van der Waals surface area (Å²) in [6.45, 7) is 4.96. The zero-order valence-corrected chi connectivity index (χ0v) is 16.3. The molecule has 27 heavy (non-hydrogen) atoms. The fourth-order valence-electron chi connectivity index (χ4n) is 2.59. The van der Waals surface area contributed by atoms with Gasteiger partial charge in [0.25, 0.3) is 5.91 Å². The van der Waals surface area contributed by atoms with Crippen molar-refractivity contribution in [2.45, 2.75) is 13.8 Å². The van der Waals surface area contributed by atoms with Crippen LogP contribution in [0.5, 0.6) is 0 Å². The molecule has 1 N–H and O–H groups in total. The van der Waals surface area contributed by atoms with Crippen LogP contribution >= 0.6 is 23.4 Å². The summed E-state index contributed by atoms with van der Waals surface area (Å²) >= 11 is 7.49. The molecule has 3 rings (SSSR count). The van der Waals surface area contributed by atoms with Crippen molar-refractivity contribution in [3.05, 3.63) is 51.6 Å². The second-order valence-corrected chi connectivity index (χ2v) is 7.04. The summed E-state index contributed by atoms with van der Waals surface area (Å²) in [5.74, 6) is -0.248. The van der Waals surface area contributed by atoms with Gasteiger partial charge in [0.15, 0.2) is 5.17 Å². The molecule has 1 aliphatic rings. The Labute approximate surface area is 165 Å². The number of thioether (sulfide) groups is 1. The Kier molecular flexibility index (Phi) is 5.72. The summed E-state index contributed by atoms with van der Waals surface area (Å²) in [4.78, 5) is 30.2. The van der Waals surface area contributed by atoms with Gasteiger partial charge in [0.2, 0.25) is 0 Å². The van der Waals surface area contributed by atoms with Crippen LogP contribution in [0, 0.1) is 0 Å². The number of benzene rings is 1. The minimum absolute atomic E-state index is 0.112. The highest BCUT2D eigenvalue weighted by atomic mass is 35.5. The molecule has 2 heterocycles. The van der Waals surface area contributed by atoms with E-state index in [2.05, 4.69) is 4.99 Å². The van der Waals surface area contributed by atoms with Gasteiger partial charge >= 0.3 is 5.97 Å². The lowest BCUT2D eigenvalue weighted by atomic mass is 10.1. The number of hydrogen-bond donors (Lipinski definition) is 1. The molecule has 1 aromatic carbocycles. The minimum atomic E-state index is -1.04. The van der Waals surface area contributed by atoms with E-state index in [-0.39, 0.29) is 11.5 Å². The van der Waals surface area contributed by atoms with Crippen molar-refractivity contribution < 1.29 is 19.1 Å². The number of halogens is 1. The van der Waals surface area contributed by atoms with Crippen LogP contribution in [0.15, 0.2) is 44.6 Å². The number of carboxylic acids is 1. The number of aromatic carboxylic acids is 1. The van der Waals surface area contributed by atoms with E-state index in [4.69, 9.17) is 21.1 Å². The van der Waals surface area contributed by atoms with Crippen molar-refractivity contribution in [2.24, 2.45) is 4.99 Å². The SMILES string of the molecule is CCN=C1S/C(=C/c2ccc(-c3cc(C(=O)O)ccc3Cl)o2)C(=O)N1CC. The fraction of sp³-hybridized carbons (Fsp3) is 0.211. The third kappa shape index (κ3) is 3.94. The van der Waals surface area contributed by atoms with Gasteiger partial charge in [-0.3, -0.25) is 14.7 Å². The first-order chi connectivity index (χ1) is 12.9. The van der Waals surface area contributed by atoms with Gasteiger partial charge in [-0.25, -0.2) is 4.79 Å². The van der Waals surface area contributed by atoms with Crippen molar-refractivity contribution in [3.63, 3.8) is 0 Å². The van der Waals surface area contributed by atoms with E-state index in [9.17, 15) is 9.59 Å². The first-order valence-corrected chi connectivity index (χ1v) is 9.53. The third-order valence-corrected chi connectivity index (χ3v) is 5.25. The summed E-state index contributed by atoms with van der Waals surface area (Å²) < 4.78 is 5.78. The Bertz CT molecular complexity index is 964. The van der Waals surface area contributed by atoms with Gasteiger partial charge < -0.3 is 9.52 Å². The number of furan rings is 1. The van der Waals surface area contributed by atoms with Crippen LogP contribution in [0.2, 0.25) is 5.02 Å². The normalized spacial score (nSPS) is 17.3. The predicted octanol–water partition coefficient (Wildman–Crippen LogP) is 4.61. The first-order valence-electron chi connectivity index (χ1n) is 8.33. The van der Waals surface area contributed by atoms with Crippen molar-refractivity contribution in [3.8, 4) is 11.3 Å². The zero-order chi connectivity index (χ0) is 19.6. The molecule has 140 valence electrons. The zero-order valence-electron chi connectivity index (χ0n) is 14.7. The third-order valence-electron chi connectivity index (χ3n) is 3.88. The number of amidine groups is 1. The smallest absolute Gasteiger partial charge is 0.335 e. The molecule has 0 saturated carbocycles. The molecular weight excluding hydrogens is 388 g/mol. The molecular formula is C19H17ClN2O4S. The molecule has 1 aromatic heterocycles. The first kappa shape index (κ1) is 19.3. The maximum absolute atomic E-state index is 12.5. The Morgan fingerprint density at radius 3 is 2.78 bits per heavy atom. The lowest BCUT2D eigenvalue weighted by molar-refractivity contribution is -0.122. The van der Waals surface area contributed by atoms with E-state index in [1.54, 1.807) is 23.1 Å². The second kappa shape index (κ2) is 8.02. The number of carbonyl (C=O) groups is 2. The average molecular weight is 405 g/mol. The molecule has 1 saturated heterocycles. The highest BCUT2D eigenvalue weighted by molar-refractivity contribution is 8.18. The van der Waals surface area contributed by atoms with Gasteiger partial charge in [-0.2, -0.15) is 0 Å². The van der Waals surface area contributed by atoms with Crippen LogP contribution in [0.4, 0.5) is 0 Å². The van der Waals surface area contributed by atoms with E-state index in [1.807, 2.05) is 13.8 Å². The summed E-state index contributed by atoms with van der Waals surface area (Å²) in [5, 5.41) is 10.2. The average Bonchev–Trinajstić information content (AvgIpc) is 3.21. The highest BCUT2D eigenvalue weighted by Gasteiger charge is 2.32. The number of rotatable bonds is 5. The quantitative estimate of drug-likeness (QED) is 0.735. The molecule has 6 nitrogen and oxygen atoms in total. The minimum Gasteiger partial charge on any atom is -0.478 e. The molecule has 8 heteroatoms. The summed E-state index contributed by atoms with van der Waals surface area (Å²) in [5.41, 5.74) is 0.598. The Morgan fingerprint density at radius 1 is 1.33 bits per heavy atom. The van der Waals surface area contributed by atoms with Crippen LogP contribution in [0.3, 0.4) is 0 Å². The Morgan fingerprint density at radius 2 is 2.11 bits per heavy atom. The predicted molar refractivity (Wildman–Crippen MR) is 107 cm³/mol. The molecule has 0 atom stereocenters. The number of hydrogen-bond acceptors (Lipinski definition) is 5. The molecule has 1 aliphatic heterocycles. The van der Waals surface area contributed by atoms with E-state index < -0.39 is 5.97 Å². The van der Waals surface area contributed by atoms with E-state index in [1.165, 1.54) is 30.0 Å². The molecule has 0 aliphatic carbocycles. The van der Waals surface area contributed by atoms with Gasteiger partial charge in [0.1, 0.15) is 11.5 Å². The van der Waals surface area contributed by atoms with Crippen molar-refractivity contribution in [1.29, 1.82) is 0 Å². The van der Waals surface area contributed by atoms with Gasteiger partial charge in [0, 0.05) is 24.7 Å². The van der Waals surface area contributed by atoms with Crippen molar-refractivity contribution in [2.75, 3.05) is 13.1 Å². The summed E-state index contributed by atoms with van der Waals surface area (Å²) in [7, 11) is 0. The lowest BCUT2D eigenvalue weighted by Gasteiger charge is -2.11. The molecule has 2 aromatic rings. The Hall–Kier alpha value is -2.51. The van der Waals surface area contributed by atoms with Crippen LogP contribution in [-0.2, 0) is 4.79 Å². The Balaban J connectivity index is 1.92. The number of amides is 1. The van der Waals surface area contributed by atoms with E-state index in [0.717, 1.165) is 0 Å². The lowest BCUT2D eigenvalue weighted by Crippen LogP contribution is -2.28. The van der Waals surface area contributed by atoms with E-state index >= 15 is 0 Å². The maximum atomic E-state index is 12.5. The van der Waals surface area contributed by atoms with Crippen LogP contribution < -0.4 is 0 Å². The van der Waals surface area contributed by atoms with E-state index in [0.29, 0.717) is 45.3 Å². The number of aliphatic imine (C=N–C) groups is 1.